The first-order valence-corrected chi connectivity index (χ1v) is 6.84. The van der Waals surface area contributed by atoms with Gasteiger partial charge in [0.1, 0.15) is 6.07 Å². The Morgan fingerprint density at radius 1 is 1.44 bits per heavy atom. The lowest BCUT2D eigenvalue weighted by molar-refractivity contribution is 0.147. The molecule has 1 aromatic carbocycles. The first-order valence-electron chi connectivity index (χ1n) is 3.74. The highest BCUT2D eigenvalue weighted by Crippen LogP contribution is 2.35. The lowest BCUT2D eigenvalue weighted by atomic mass is 10.1. The van der Waals surface area contributed by atoms with Crippen LogP contribution in [-0.4, -0.2) is 8.42 Å². The smallest absolute Gasteiger partial charge is 0.207 e. The molecule has 3 nitrogen and oxygen atoms in total. The highest BCUT2D eigenvalue weighted by atomic mass is 79.9. The van der Waals surface area contributed by atoms with E-state index in [1.165, 1.54) is 12.1 Å². The molecule has 0 unspecified atom stereocenters. The van der Waals surface area contributed by atoms with Crippen LogP contribution in [0, 0.1) is 11.3 Å². The van der Waals surface area contributed by atoms with Crippen molar-refractivity contribution in [2.75, 3.05) is 0 Å². The topological polar surface area (TPSA) is 57.9 Å². The molecule has 0 saturated carbocycles. The van der Waals surface area contributed by atoms with Crippen molar-refractivity contribution in [1.82, 2.24) is 0 Å². The third-order valence-electron chi connectivity index (χ3n) is 1.75. The summed E-state index contributed by atoms with van der Waals surface area (Å²) < 4.78 is 47.6. The number of benzene rings is 1. The van der Waals surface area contributed by atoms with E-state index in [1.54, 1.807) is 0 Å². The Hall–Kier alpha value is -0.710. The molecule has 0 atom stereocenters. The molecule has 0 amide bonds. The summed E-state index contributed by atoms with van der Waals surface area (Å²) in [5.74, 6) is 0. The molecule has 0 heterocycles. The van der Waals surface area contributed by atoms with Gasteiger partial charge in [0.25, 0.3) is 15.5 Å². The molecule has 8 heteroatoms. The second-order valence-corrected chi connectivity index (χ2v) is 6.07. The van der Waals surface area contributed by atoms with Crippen molar-refractivity contribution in [3.05, 3.63) is 27.7 Å². The van der Waals surface area contributed by atoms with Crippen LogP contribution >= 0.6 is 26.6 Å². The van der Waals surface area contributed by atoms with Crippen LogP contribution in [0.2, 0.25) is 0 Å². The summed E-state index contributed by atoms with van der Waals surface area (Å²) >= 11 is 2.88. The van der Waals surface area contributed by atoms with E-state index in [1.807, 2.05) is 0 Å². The number of rotatable bonds is 2. The molecule has 0 bridgehead atoms. The average molecular weight is 331 g/mol. The summed E-state index contributed by atoms with van der Waals surface area (Å²) in [6, 6.07) is 3.61. The van der Waals surface area contributed by atoms with Gasteiger partial charge in [-0.15, -0.1) is 0 Å². The molecule has 0 aliphatic rings. The van der Waals surface area contributed by atoms with E-state index in [2.05, 4.69) is 15.9 Å². The first-order chi connectivity index (χ1) is 7.29. The van der Waals surface area contributed by atoms with Gasteiger partial charge >= 0.3 is 0 Å². The fraction of sp³-hybridized carbons (Fsp3) is 0.125. The maximum Gasteiger partial charge on any atom is 0.266 e. The summed E-state index contributed by atoms with van der Waals surface area (Å²) in [5, 5.41) is 8.69. The molecule has 1 rings (SSSR count). The van der Waals surface area contributed by atoms with E-state index in [4.69, 9.17) is 15.9 Å². The molecule has 0 aromatic heterocycles. The average Bonchev–Trinajstić information content (AvgIpc) is 2.14. The molecule has 16 heavy (non-hydrogen) atoms. The molecule has 0 aliphatic carbocycles. The summed E-state index contributed by atoms with van der Waals surface area (Å²) in [5.41, 5.74) is -1.32. The number of halogens is 4. The zero-order chi connectivity index (χ0) is 12.5. The van der Waals surface area contributed by atoms with Gasteiger partial charge in [-0.2, -0.15) is 5.26 Å². The second kappa shape index (κ2) is 4.65. The van der Waals surface area contributed by atoms with E-state index in [-0.39, 0.29) is 4.47 Å². The van der Waals surface area contributed by atoms with Gasteiger partial charge < -0.3 is 0 Å². The largest absolute Gasteiger partial charge is 0.266 e. The molecule has 0 spiro atoms. The Morgan fingerprint density at radius 3 is 2.38 bits per heavy atom. The van der Waals surface area contributed by atoms with Crippen LogP contribution in [0.25, 0.3) is 0 Å². The molecule has 0 radical (unpaired) electrons. The van der Waals surface area contributed by atoms with E-state index in [9.17, 15) is 17.2 Å². The molecule has 0 fully saturated rings. The summed E-state index contributed by atoms with van der Waals surface area (Å²) in [7, 11) is 0.696. The van der Waals surface area contributed by atoms with Crippen molar-refractivity contribution >= 4 is 35.7 Å². The zero-order valence-corrected chi connectivity index (χ0v) is 10.6. The molecule has 0 aliphatic heterocycles. The van der Waals surface area contributed by atoms with Crippen LogP contribution in [0.4, 0.5) is 8.78 Å². The molecular weight excluding hydrogens is 328 g/mol. The van der Waals surface area contributed by atoms with Gasteiger partial charge in [-0.05, 0) is 28.1 Å². The van der Waals surface area contributed by atoms with Crippen molar-refractivity contribution in [1.29, 1.82) is 5.26 Å². The van der Waals surface area contributed by atoms with Gasteiger partial charge in [0.05, 0.1) is 16.0 Å². The van der Waals surface area contributed by atoms with Gasteiger partial charge in [0.15, 0.2) is 0 Å². The quantitative estimate of drug-likeness (QED) is 0.783. The number of hydrogen-bond acceptors (Lipinski definition) is 3. The number of nitriles is 1. The maximum absolute atomic E-state index is 12.7. The third-order valence-corrected chi connectivity index (χ3v) is 3.79. The first kappa shape index (κ1) is 13.4. The third kappa shape index (κ3) is 2.51. The molecule has 1 aromatic rings. The van der Waals surface area contributed by atoms with Crippen LogP contribution in [0.5, 0.6) is 0 Å². The lowest BCUT2D eigenvalue weighted by Gasteiger charge is -2.09. The predicted octanol–water partition coefficient (Wildman–Crippen LogP) is 3.19. The maximum atomic E-state index is 12.7. The van der Waals surface area contributed by atoms with Crippen LogP contribution < -0.4 is 0 Å². The minimum atomic E-state index is -4.31. The monoisotopic (exact) mass is 329 g/mol. The van der Waals surface area contributed by atoms with Crippen LogP contribution in [0.1, 0.15) is 17.6 Å². The number of alkyl halides is 2. The summed E-state index contributed by atoms with van der Waals surface area (Å²) in [6.07, 6.45) is -3.10. The van der Waals surface area contributed by atoms with Gasteiger partial charge in [0, 0.05) is 15.2 Å². The molecule has 0 N–H and O–H groups in total. The van der Waals surface area contributed by atoms with Gasteiger partial charge in [-0.25, -0.2) is 17.2 Å². The van der Waals surface area contributed by atoms with Crippen molar-refractivity contribution in [2.24, 2.45) is 0 Å². The minimum absolute atomic E-state index is 0.0920. The highest BCUT2D eigenvalue weighted by Gasteiger charge is 2.26. The van der Waals surface area contributed by atoms with Gasteiger partial charge in [-0.3, -0.25) is 0 Å². The van der Waals surface area contributed by atoms with Crippen molar-refractivity contribution in [2.45, 2.75) is 11.3 Å². The van der Waals surface area contributed by atoms with E-state index < -0.39 is 31.5 Å². The number of hydrogen-bond donors (Lipinski definition) is 0. The minimum Gasteiger partial charge on any atom is -0.207 e. The predicted molar refractivity (Wildman–Crippen MR) is 56.9 cm³/mol. The Balaban J connectivity index is 3.74. The fourth-order valence-electron chi connectivity index (χ4n) is 1.12. The van der Waals surface area contributed by atoms with Crippen LogP contribution in [-0.2, 0) is 9.05 Å². The Kier molecular flexibility index (Phi) is 3.88. The SMILES string of the molecule is N#Cc1c(Br)ccc(S(=O)(=O)Cl)c1C(F)F. The van der Waals surface area contributed by atoms with E-state index >= 15 is 0 Å². The molecule has 86 valence electrons. The standard InChI is InChI=1S/C8H3BrClF2NO2S/c9-5-1-2-6(16(10,14)15)7(8(11)12)4(5)3-13/h1-2,8H. The van der Waals surface area contributed by atoms with E-state index in [0.29, 0.717) is 0 Å². The number of nitrogens with zero attached hydrogens (tertiary/aromatic N) is 1. The lowest BCUT2D eigenvalue weighted by Crippen LogP contribution is -2.02. The summed E-state index contributed by atoms with van der Waals surface area (Å²) in [4.78, 5) is -0.746. The van der Waals surface area contributed by atoms with Crippen molar-refractivity contribution in [3.63, 3.8) is 0 Å². The Labute approximate surface area is 103 Å². The Morgan fingerprint density at radius 2 is 2.00 bits per heavy atom. The normalized spacial score (nSPS) is 11.5. The van der Waals surface area contributed by atoms with Crippen molar-refractivity contribution in [3.8, 4) is 6.07 Å². The summed E-state index contributed by atoms with van der Waals surface area (Å²) in [6.45, 7) is 0. The van der Waals surface area contributed by atoms with E-state index in [0.717, 1.165) is 6.07 Å². The zero-order valence-electron chi connectivity index (χ0n) is 7.42. The van der Waals surface area contributed by atoms with Crippen molar-refractivity contribution < 1.29 is 17.2 Å². The second-order valence-electron chi connectivity index (χ2n) is 2.68. The van der Waals surface area contributed by atoms with Gasteiger partial charge in [0.2, 0.25) is 0 Å². The van der Waals surface area contributed by atoms with Crippen LogP contribution in [0.15, 0.2) is 21.5 Å². The van der Waals surface area contributed by atoms with Crippen LogP contribution in [0.3, 0.4) is 0 Å². The Bertz CT molecular complexity index is 568. The molecule has 0 saturated heterocycles. The molecular formula is C8H3BrClF2NO2S. The van der Waals surface area contributed by atoms with Gasteiger partial charge in [-0.1, -0.05) is 0 Å². The highest BCUT2D eigenvalue weighted by molar-refractivity contribution is 9.10. The fourth-order valence-corrected chi connectivity index (χ4v) is 2.64.